The summed E-state index contributed by atoms with van der Waals surface area (Å²) in [6.45, 7) is 1.98. The maximum absolute atomic E-state index is 13.3. The zero-order valence-corrected chi connectivity index (χ0v) is 9.41. The number of halogens is 1. The number of hydrogen-bond acceptors (Lipinski definition) is 0. The molecule has 0 atom stereocenters. The van der Waals surface area contributed by atoms with Crippen LogP contribution in [0.1, 0.15) is 23.6 Å². The third-order valence-electron chi connectivity index (χ3n) is 2.74. The third-order valence-corrected chi connectivity index (χ3v) is 2.74. The van der Waals surface area contributed by atoms with Crippen LogP contribution in [0, 0.1) is 5.82 Å². The predicted octanol–water partition coefficient (Wildman–Crippen LogP) is 3.98. The average Bonchev–Trinajstić information content (AvgIpc) is 2.33. The molecule has 0 heterocycles. The van der Waals surface area contributed by atoms with Crippen LogP contribution >= 0.6 is 0 Å². The van der Waals surface area contributed by atoms with Gasteiger partial charge in [0, 0.05) is 0 Å². The molecule has 2 rings (SSSR count). The summed E-state index contributed by atoms with van der Waals surface area (Å²) in [6.07, 6.45) is 1.61. The largest absolute Gasteiger partial charge is 0.207 e. The standard InChI is InChI=1S/C15H15F/c1-2-14-11-13(8-9-15(14)16)10-12-6-4-3-5-7-12/h3-9,11H,2,10H2,1H3. The Kier molecular flexibility index (Phi) is 3.35. The fraction of sp³-hybridized carbons (Fsp3) is 0.200. The predicted molar refractivity (Wildman–Crippen MR) is 65.0 cm³/mol. The van der Waals surface area contributed by atoms with E-state index in [2.05, 4.69) is 12.1 Å². The van der Waals surface area contributed by atoms with E-state index in [1.807, 2.05) is 37.3 Å². The van der Waals surface area contributed by atoms with Gasteiger partial charge < -0.3 is 0 Å². The Balaban J connectivity index is 2.22. The second-order valence-electron chi connectivity index (χ2n) is 3.94. The van der Waals surface area contributed by atoms with E-state index in [0.717, 1.165) is 18.4 Å². The molecule has 82 valence electrons. The van der Waals surface area contributed by atoms with Crippen LogP contribution < -0.4 is 0 Å². The molecule has 0 unspecified atom stereocenters. The Morgan fingerprint density at radius 3 is 2.38 bits per heavy atom. The van der Waals surface area contributed by atoms with Crippen LogP contribution in [0.4, 0.5) is 4.39 Å². The molecule has 0 saturated heterocycles. The van der Waals surface area contributed by atoms with Crippen molar-refractivity contribution >= 4 is 0 Å². The molecule has 0 aromatic heterocycles. The molecule has 0 aliphatic heterocycles. The highest BCUT2D eigenvalue weighted by Gasteiger charge is 2.02. The van der Waals surface area contributed by atoms with E-state index in [0.29, 0.717) is 0 Å². The van der Waals surface area contributed by atoms with Crippen LogP contribution in [0.2, 0.25) is 0 Å². The van der Waals surface area contributed by atoms with E-state index in [4.69, 9.17) is 0 Å². The summed E-state index contributed by atoms with van der Waals surface area (Å²) in [5.74, 6) is -0.0979. The molecule has 2 aromatic carbocycles. The van der Waals surface area contributed by atoms with Gasteiger partial charge in [-0.2, -0.15) is 0 Å². The highest BCUT2D eigenvalue weighted by Crippen LogP contribution is 2.14. The first-order chi connectivity index (χ1) is 7.79. The lowest BCUT2D eigenvalue weighted by Crippen LogP contribution is -1.93. The van der Waals surface area contributed by atoms with Gasteiger partial charge in [-0.05, 0) is 35.6 Å². The Hall–Kier alpha value is -1.63. The second kappa shape index (κ2) is 4.93. The summed E-state index contributed by atoms with van der Waals surface area (Å²) in [6, 6.07) is 15.6. The van der Waals surface area contributed by atoms with Gasteiger partial charge in [0.1, 0.15) is 5.82 Å². The van der Waals surface area contributed by atoms with E-state index < -0.39 is 0 Å². The van der Waals surface area contributed by atoms with Crippen LogP contribution in [-0.2, 0) is 12.8 Å². The van der Waals surface area contributed by atoms with Gasteiger partial charge >= 0.3 is 0 Å². The fourth-order valence-electron chi connectivity index (χ4n) is 1.84. The lowest BCUT2D eigenvalue weighted by Gasteiger charge is -2.05. The first kappa shape index (κ1) is 10.9. The Morgan fingerprint density at radius 2 is 1.69 bits per heavy atom. The monoisotopic (exact) mass is 214 g/mol. The highest BCUT2D eigenvalue weighted by molar-refractivity contribution is 5.30. The summed E-state index contributed by atoms with van der Waals surface area (Å²) in [4.78, 5) is 0. The van der Waals surface area contributed by atoms with Crippen molar-refractivity contribution < 1.29 is 4.39 Å². The molecular formula is C15H15F. The molecule has 2 aromatic rings. The Morgan fingerprint density at radius 1 is 0.938 bits per heavy atom. The van der Waals surface area contributed by atoms with Crippen LogP contribution in [0.3, 0.4) is 0 Å². The van der Waals surface area contributed by atoms with E-state index in [-0.39, 0.29) is 5.82 Å². The minimum Gasteiger partial charge on any atom is -0.207 e. The minimum absolute atomic E-state index is 0.0979. The molecular weight excluding hydrogens is 199 g/mol. The SMILES string of the molecule is CCc1cc(Cc2ccccc2)ccc1F. The van der Waals surface area contributed by atoms with Gasteiger partial charge in [0.15, 0.2) is 0 Å². The number of rotatable bonds is 3. The molecule has 16 heavy (non-hydrogen) atoms. The van der Waals surface area contributed by atoms with Crippen molar-refractivity contribution in [3.8, 4) is 0 Å². The van der Waals surface area contributed by atoms with Gasteiger partial charge in [0.25, 0.3) is 0 Å². The molecule has 0 spiro atoms. The smallest absolute Gasteiger partial charge is 0.126 e. The summed E-state index contributed by atoms with van der Waals surface area (Å²) in [5.41, 5.74) is 3.23. The van der Waals surface area contributed by atoms with E-state index in [1.165, 1.54) is 11.1 Å². The maximum atomic E-state index is 13.3. The first-order valence-corrected chi connectivity index (χ1v) is 5.61. The molecule has 0 aliphatic carbocycles. The Bertz CT molecular complexity index is 460. The molecule has 0 nitrogen and oxygen atoms in total. The summed E-state index contributed by atoms with van der Waals surface area (Å²) in [7, 11) is 0. The van der Waals surface area contributed by atoms with Crippen molar-refractivity contribution in [2.75, 3.05) is 0 Å². The lowest BCUT2D eigenvalue weighted by molar-refractivity contribution is 0.611. The quantitative estimate of drug-likeness (QED) is 0.725. The van der Waals surface area contributed by atoms with Gasteiger partial charge in [-0.25, -0.2) is 4.39 Å². The molecule has 0 fully saturated rings. The van der Waals surface area contributed by atoms with Crippen LogP contribution in [0.5, 0.6) is 0 Å². The Labute approximate surface area is 95.7 Å². The molecule has 0 bridgehead atoms. The topological polar surface area (TPSA) is 0 Å². The van der Waals surface area contributed by atoms with E-state index in [9.17, 15) is 4.39 Å². The van der Waals surface area contributed by atoms with Gasteiger partial charge in [-0.3, -0.25) is 0 Å². The zero-order valence-electron chi connectivity index (χ0n) is 9.41. The molecule has 0 saturated carbocycles. The zero-order chi connectivity index (χ0) is 11.4. The lowest BCUT2D eigenvalue weighted by atomic mass is 10.0. The van der Waals surface area contributed by atoms with E-state index in [1.54, 1.807) is 6.07 Å². The van der Waals surface area contributed by atoms with Gasteiger partial charge in [-0.15, -0.1) is 0 Å². The fourth-order valence-corrected chi connectivity index (χ4v) is 1.84. The molecule has 0 aliphatic rings. The summed E-state index contributed by atoms with van der Waals surface area (Å²) < 4.78 is 13.3. The number of hydrogen-bond donors (Lipinski definition) is 0. The maximum Gasteiger partial charge on any atom is 0.126 e. The van der Waals surface area contributed by atoms with E-state index >= 15 is 0 Å². The van der Waals surface area contributed by atoms with Crippen molar-refractivity contribution in [1.29, 1.82) is 0 Å². The minimum atomic E-state index is -0.0979. The third kappa shape index (κ3) is 2.48. The average molecular weight is 214 g/mol. The molecule has 1 heteroatoms. The molecule has 0 radical (unpaired) electrons. The molecule has 0 N–H and O–H groups in total. The molecule has 0 amide bonds. The summed E-state index contributed by atoms with van der Waals surface area (Å²) in [5, 5.41) is 0. The van der Waals surface area contributed by atoms with Gasteiger partial charge in [0.05, 0.1) is 0 Å². The van der Waals surface area contributed by atoms with Gasteiger partial charge in [-0.1, -0.05) is 49.4 Å². The number of aryl methyl sites for hydroxylation is 1. The summed E-state index contributed by atoms with van der Waals surface area (Å²) >= 11 is 0. The van der Waals surface area contributed by atoms with Crippen molar-refractivity contribution in [2.24, 2.45) is 0 Å². The van der Waals surface area contributed by atoms with Crippen LogP contribution in [-0.4, -0.2) is 0 Å². The second-order valence-corrected chi connectivity index (χ2v) is 3.94. The van der Waals surface area contributed by atoms with Crippen molar-refractivity contribution in [1.82, 2.24) is 0 Å². The normalized spacial score (nSPS) is 10.4. The first-order valence-electron chi connectivity index (χ1n) is 5.61. The van der Waals surface area contributed by atoms with Crippen molar-refractivity contribution in [3.05, 3.63) is 71.0 Å². The van der Waals surface area contributed by atoms with Crippen LogP contribution in [0.15, 0.2) is 48.5 Å². The highest BCUT2D eigenvalue weighted by atomic mass is 19.1. The van der Waals surface area contributed by atoms with Crippen LogP contribution in [0.25, 0.3) is 0 Å². The van der Waals surface area contributed by atoms with Crippen molar-refractivity contribution in [3.63, 3.8) is 0 Å². The van der Waals surface area contributed by atoms with Gasteiger partial charge in [0.2, 0.25) is 0 Å². The number of benzene rings is 2. The van der Waals surface area contributed by atoms with Crippen molar-refractivity contribution in [2.45, 2.75) is 19.8 Å².